The topological polar surface area (TPSA) is 41.3 Å². The molecule has 0 radical (unpaired) electrons. The number of likely N-dealkylation sites (tertiary alicyclic amines) is 1. The molecule has 0 saturated carbocycles. The third-order valence-corrected chi connectivity index (χ3v) is 4.64. The minimum atomic E-state index is 0.430. The van der Waals surface area contributed by atoms with E-state index < -0.39 is 0 Å². The molecule has 110 valence electrons. The number of benzene rings is 1. The van der Waals surface area contributed by atoms with Crippen LogP contribution in [0.3, 0.4) is 0 Å². The van der Waals surface area contributed by atoms with Gasteiger partial charge in [0.25, 0.3) is 0 Å². The molecule has 21 heavy (non-hydrogen) atoms. The number of aromatic nitrogens is 1. The normalized spacial score (nSPS) is 25.6. The summed E-state index contributed by atoms with van der Waals surface area (Å²) in [5.74, 6) is 0.865. The Morgan fingerprint density at radius 2 is 1.95 bits per heavy atom. The summed E-state index contributed by atoms with van der Waals surface area (Å²) in [4.78, 5) is 2.60. The molecule has 2 aromatic rings. The van der Waals surface area contributed by atoms with E-state index in [2.05, 4.69) is 46.6 Å². The number of anilines is 1. The number of rotatable bonds is 2. The number of nitrogens with one attached hydrogen (secondary N) is 1. The van der Waals surface area contributed by atoms with Crippen LogP contribution >= 0.6 is 0 Å². The minimum absolute atomic E-state index is 0.430. The molecule has 1 N–H and O–H groups in total. The van der Waals surface area contributed by atoms with Crippen LogP contribution in [-0.4, -0.2) is 29.2 Å². The Kier molecular flexibility index (Phi) is 3.19. The van der Waals surface area contributed by atoms with Crippen molar-refractivity contribution in [3.05, 3.63) is 35.9 Å². The van der Waals surface area contributed by atoms with E-state index in [1.165, 1.54) is 31.5 Å². The van der Waals surface area contributed by atoms with Gasteiger partial charge in [-0.15, -0.1) is 0 Å². The van der Waals surface area contributed by atoms with Gasteiger partial charge in [0.2, 0.25) is 5.88 Å². The average molecular weight is 283 g/mol. The number of hydrogen-bond acceptors (Lipinski definition) is 4. The number of fused-ring (bicyclic) bond motifs is 1. The molecule has 0 bridgehead atoms. The fraction of sp³-hybridized carbons (Fsp3) is 0.471. The Morgan fingerprint density at radius 1 is 1.19 bits per heavy atom. The van der Waals surface area contributed by atoms with Gasteiger partial charge in [-0.25, -0.2) is 0 Å². The summed E-state index contributed by atoms with van der Waals surface area (Å²) in [6.07, 6.45) is 3.73. The summed E-state index contributed by atoms with van der Waals surface area (Å²) >= 11 is 0. The summed E-state index contributed by atoms with van der Waals surface area (Å²) in [6, 6.07) is 11.2. The van der Waals surface area contributed by atoms with E-state index in [-0.39, 0.29) is 0 Å². The van der Waals surface area contributed by atoms with Crippen molar-refractivity contribution in [1.29, 1.82) is 0 Å². The summed E-state index contributed by atoms with van der Waals surface area (Å²) in [5.41, 5.74) is 3.39. The van der Waals surface area contributed by atoms with Gasteiger partial charge in [-0.1, -0.05) is 35.5 Å². The Balaban J connectivity index is 1.79. The van der Waals surface area contributed by atoms with Crippen LogP contribution < -0.4 is 5.32 Å². The van der Waals surface area contributed by atoms with Crippen LogP contribution in [0.15, 0.2) is 34.9 Å². The Hall–Kier alpha value is -1.81. The predicted octanol–water partition coefficient (Wildman–Crippen LogP) is 3.68. The van der Waals surface area contributed by atoms with Crippen molar-refractivity contribution < 1.29 is 4.52 Å². The Labute approximate surface area is 125 Å². The van der Waals surface area contributed by atoms with Crippen molar-refractivity contribution in [2.24, 2.45) is 0 Å². The third kappa shape index (κ3) is 2.23. The van der Waals surface area contributed by atoms with Gasteiger partial charge in [0.15, 0.2) is 0 Å². The van der Waals surface area contributed by atoms with Crippen LogP contribution in [0.1, 0.15) is 37.8 Å². The largest absolute Gasteiger partial charge is 0.351 e. The second-order valence-corrected chi connectivity index (χ2v) is 6.18. The fourth-order valence-corrected chi connectivity index (χ4v) is 3.64. The quantitative estimate of drug-likeness (QED) is 0.912. The molecule has 1 aromatic heterocycles. The maximum Gasteiger partial charge on any atom is 0.230 e. The first kappa shape index (κ1) is 12.9. The second-order valence-electron chi connectivity index (χ2n) is 6.18. The lowest BCUT2D eigenvalue weighted by Crippen LogP contribution is -2.34. The van der Waals surface area contributed by atoms with E-state index in [0.29, 0.717) is 12.1 Å². The highest BCUT2D eigenvalue weighted by Crippen LogP contribution is 2.43. The van der Waals surface area contributed by atoms with Crippen molar-refractivity contribution in [1.82, 2.24) is 10.1 Å². The van der Waals surface area contributed by atoms with Gasteiger partial charge in [0.1, 0.15) is 5.69 Å². The highest BCUT2D eigenvalue weighted by Gasteiger charge is 2.36. The Bertz CT molecular complexity index is 616. The molecule has 2 aliphatic rings. The van der Waals surface area contributed by atoms with Crippen LogP contribution in [0.2, 0.25) is 0 Å². The van der Waals surface area contributed by atoms with Crippen LogP contribution in [0, 0.1) is 0 Å². The molecule has 0 spiro atoms. The predicted molar refractivity (Wildman–Crippen MR) is 83.2 cm³/mol. The van der Waals surface area contributed by atoms with Gasteiger partial charge >= 0.3 is 0 Å². The molecule has 3 heterocycles. The molecule has 1 fully saturated rings. The standard InChI is InChI=1S/C17H21N3O/c1-12-11-14(20-9-5-6-10-20)15-16(19-21-17(15)18-12)13-7-3-2-4-8-13/h2-4,7-8,12,14,18H,5-6,9-11H2,1H3. The highest BCUT2D eigenvalue weighted by molar-refractivity contribution is 5.69. The molecule has 0 amide bonds. The van der Waals surface area contributed by atoms with Gasteiger partial charge < -0.3 is 9.84 Å². The Morgan fingerprint density at radius 3 is 2.71 bits per heavy atom. The maximum absolute atomic E-state index is 5.61. The van der Waals surface area contributed by atoms with Gasteiger partial charge in [-0.05, 0) is 39.3 Å². The molecule has 0 aliphatic carbocycles. The lowest BCUT2D eigenvalue weighted by Gasteiger charge is -2.34. The molecule has 1 saturated heterocycles. The number of nitrogens with zero attached hydrogens (tertiary/aromatic N) is 2. The maximum atomic E-state index is 5.61. The first-order valence-electron chi connectivity index (χ1n) is 7.88. The summed E-state index contributed by atoms with van der Waals surface area (Å²) < 4.78 is 5.61. The first-order valence-corrected chi connectivity index (χ1v) is 7.88. The van der Waals surface area contributed by atoms with Gasteiger partial charge in [-0.2, -0.15) is 0 Å². The molecule has 2 unspecified atom stereocenters. The van der Waals surface area contributed by atoms with Gasteiger partial charge in [0, 0.05) is 17.6 Å². The van der Waals surface area contributed by atoms with Crippen molar-refractivity contribution in [2.75, 3.05) is 18.4 Å². The van der Waals surface area contributed by atoms with Gasteiger partial charge in [-0.3, -0.25) is 4.90 Å². The van der Waals surface area contributed by atoms with E-state index in [1.807, 2.05) is 6.07 Å². The van der Waals surface area contributed by atoms with E-state index in [1.54, 1.807) is 0 Å². The minimum Gasteiger partial charge on any atom is -0.351 e. The summed E-state index contributed by atoms with van der Waals surface area (Å²) in [7, 11) is 0. The highest BCUT2D eigenvalue weighted by atomic mass is 16.5. The first-order chi connectivity index (χ1) is 10.3. The number of hydrogen-bond donors (Lipinski definition) is 1. The molecule has 4 rings (SSSR count). The molecule has 2 atom stereocenters. The van der Waals surface area contributed by atoms with Gasteiger partial charge in [0.05, 0.1) is 5.56 Å². The van der Waals surface area contributed by atoms with Crippen LogP contribution in [0.5, 0.6) is 0 Å². The van der Waals surface area contributed by atoms with Crippen molar-refractivity contribution in [3.8, 4) is 11.3 Å². The monoisotopic (exact) mass is 283 g/mol. The molecule has 4 nitrogen and oxygen atoms in total. The van der Waals surface area contributed by atoms with Crippen LogP contribution in [0.4, 0.5) is 5.88 Å². The average Bonchev–Trinajstić information content (AvgIpc) is 3.16. The SMILES string of the molecule is CC1CC(N2CCCC2)c2c(-c3ccccc3)noc2N1. The van der Waals surface area contributed by atoms with Crippen molar-refractivity contribution in [3.63, 3.8) is 0 Å². The van der Waals surface area contributed by atoms with E-state index in [0.717, 1.165) is 23.6 Å². The van der Waals surface area contributed by atoms with Crippen LogP contribution in [-0.2, 0) is 0 Å². The lowest BCUT2D eigenvalue weighted by molar-refractivity contribution is 0.221. The molecule has 4 heteroatoms. The van der Waals surface area contributed by atoms with Crippen molar-refractivity contribution >= 4 is 5.88 Å². The van der Waals surface area contributed by atoms with Crippen LogP contribution in [0.25, 0.3) is 11.3 Å². The molecular formula is C17H21N3O. The zero-order chi connectivity index (χ0) is 14.2. The summed E-state index contributed by atoms with van der Waals surface area (Å²) in [5, 5.41) is 7.81. The van der Waals surface area contributed by atoms with E-state index in [9.17, 15) is 0 Å². The smallest absolute Gasteiger partial charge is 0.230 e. The third-order valence-electron chi connectivity index (χ3n) is 4.64. The van der Waals surface area contributed by atoms with E-state index >= 15 is 0 Å². The second kappa shape index (κ2) is 5.19. The van der Waals surface area contributed by atoms with E-state index in [4.69, 9.17) is 4.52 Å². The zero-order valence-corrected chi connectivity index (χ0v) is 12.4. The molecule has 2 aliphatic heterocycles. The molecular weight excluding hydrogens is 262 g/mol. The zero-order valence-electron chi connectivity index (χ0n) is 12.4. The fourth-order valence-electron chi connectivity index (χ4n) is 3.64. The summed E-state index contributed by atoms with van der Waals surface area (Å²) in [6.45, 7) is 4.60. The molecule has 1 aromatic carbocycles. The lowest BCUT2D eigenvalue weighted by atomic mass is 9.92. The van der Waals surface area contributed by atoms with Crippen molar-refractivity contribution in [2.45, 2.75) is 38.3 Å².